The number of hydrogen-bond acceptors (Lipinski definition) is 2. The molecule has 0 atom stereocenters. The quantitative estimate of drug-likeness (QED) is 0.901. The molecule has 2 aliphatic rings. The molecule has 1 aromatic carbocycles. The Labute approximate surface area is 137 Å². The number of benzene rings is 1. The van der Waals surface area contributed by atoms with Crippen LogP contribution in [-0.2, 0) is 16.8 Å². The average Bonchev–Trinajstić information content (AvgIpc) is 3.08. The molecule has 0 aromatic heterocycles. The minimum atomic E-state index is -0.508. The van der Waals surface area contributed by atoms with Gasteiger partial charge in [-0.1, -0.05) is 25.0 Å². The third kappa shape index (κ3) is 2.92. The van der Waals surface area contributed by atoms with Crippen molar-refractivity contribution >= 4 is 17.6 Å². The molecule has 0 unspecified atom stereocenters. The summed E-state index contributed by atoms with van der Waals surface area (Å²) in [5, 5.41) is 5.94. The van der Waals surface area contributed by atoms with Crippen LogP contribution in [0.1, 0.15) is 50.7 Å². The van der Waals surface area contributed by atoms with Crippen LogP contribution in [0.4, 0.5) is 10.5 Å². The van der Waals surface area contributed by atoms with E-state index < -0.39 is 5.41 Å². The van der Waals surface area contributed by atoms with Gasteiger partial charge in [-0.15, -0.1) is 0 Å². The van der Waals surface area contributed by atoms with Gasteiger partial charge in [-0.25, -0.2) is 4.79 Å². The Morgan fingerprint density at radius 3 is 2.70 bits per heavy atom. The van der Waals surface area contributed by atoms with Crippen molar-refractivity contribution in [2.75, 3.05) is 11.9 Å². The van der Waals surface area contributed by atoms with Crippen molar-refractivity contribution in [3.05, 3.63) is 29.3 Å². The zero-order chi connectivity index (χ0) is 16.6. The van der Waals surface area contributed by atoms with Crippen LogP contribution < -0.4 is 15.5 Å². The normalized spacial score (nSPS) is 19.8. The summed E-state index contributed by atoms with van der Waals surface area (Å²) >= 11 is 0. The number of carbonyl (C=O) groups is 2. The molecule has 0 bridgehead atoms. The summed E-state index contributed by atoms with van der Waals surface area (Å²) in [6.07, 6.45) is 4.56. The highest BCUT2D eigenvalue weighted by atomic mass is 16.2. The number of nitrogens with one attached hydrogen (secondary N) is 2. The van der Waals surface area contributed by atoms with Gasteiger partial charge in [0.15, 0.2) is 0 Å². The molecule has 1 heterocycles. The summed E-state index contributed by atoms with van der Waals surface area (Å²) in [6.45, 7) is 4.36. The summed E-state index contributed by atoms with van der Waals surface area (Å²) in [5.41, 5.74) is 2.49. The summed E-state index contributed by atoms with van der Waals surface area (Å²) < 4.78 is 0. The zero-order valence-electron chi connectivity index (χ0n) is 14.1. The number of anilines is 1. The van der Waals surface area contributed by atoms with Gasteiger partial charge < -0.3 is 15.5 Å². The van der Waals surface area contributed by atoms with Gasteiger partial charge in [0, 0.05) is 25.3 Å². The van der Waals surface area contributed by atoms with Crippen LogP contribution in [0.2, 0.25) is 0 Å². The van der Waals surface area contributed by atoms with Crippen molar-refractivity contribution in [2.45, 2.75) is 57.5 Å². The lowest BCUT2D eigenvalue weighted by atomic mass is 9.85. The number of likely N-dealkylation sites (N-methyl/N-ethyl adjacent to an activating group) is 1. The molecule has 1 aliphatic carbocycles. The van der Waals surface area contributed by atoms with Gasteiger partial charge in [0.25, 0.3) is 0 Å². The molecule has 1 aromatic rings. The monoisotopic (exact) mass is 315 g/mol. The fourth-order valence-electron chi connectivity index (χ4n) is 3.62. The van der Waals surface area contributed by atoms with Gasteiger partial charge in [0.1, 0.15) is 0 Å². The van der Waals surface area contributed by atoms with E-state index >= 15 is 0 Å². The van der Waals surface area contributed by atoms with E-state index in [1.807, 2.05) is 39.1 Å². The lowest BCUT2D eigenvalue weighted by Gasteiger charge is -2.17. The highest BCUT2D eigenvalue weighted by Crippen LogP contribution is 2.40. The Bertz CT molecular complexity index is 633. The first-order chi connectivity index (χ1) is 10.9. The average molecular weight is 315 g/mol. The van der Waals surface area contributed by atoms with Crippen molar-refractivity contribution in [3.63, 3.8) is 0 Å². The van der Waals surface area contributed by atoms with Gasteiger partial charge in [0.05, 0.1) is 5.41 Å². The fraction of sp³-hybridized carbons (Fsp3) is 0.556. The Kier molecular flexibility index (Phi) is 4.04. The largest absolute Gasteiger partial charge is 0.335 e. The van der Waals surface area contributed by atoms with E-state index in [0.717, 1.165) is 29.7 Å². The molecule has 23 heavy (non-hydrogen) atoms. The molecule has 1 saturated carbocycles. The summed E-state index contributed by atoms with van der Waals surface area (Å²) in [7, 11) is 1.81. The van der Waals surface area contributed by atoms with E-state index in [0.29, 0.717) is 12.6 Å². The first kappa shape index (κ1) is 15.8. The molecular formula is C18H25N3O2. The first-order valence-corrected chi connectivity index (χ1v) is 8.35. The van der Waals surface area contributed by atoms with Crippen molar-refractivity contribution in [2.24, 2.45) is 0 Å². The van der Waals surface area contributed by atoms with Crippen molar-refractivity contribution in [3.8, 4) is 0 Å². The highest BCUT2D eigenvalue weighted by molar-refractivity contribution is 6.07. The van der Waals surface area contributed by atoms with E-state index in [9.17, 15) is 9.59 Å². The number of rotatable bonds is 3. The van der Waals surface area contributed by atoms with Crippen LogP contribution in [0, 0.1) is 0 Å². The summed E-state index contributed by atoms with van der Waals surface area (Å²) in [4.78, 5) is 26.0. The van der Waals surface area contributed by atoms with E-state index in [4.69, 9.17) is 0 Å². The standard InChI is InChI=1S/C18H25N3O2/c1-18(2)14-10-12(8-9-15(14)21(3)16(18)22)11-19-17(23)20-13-6-4-5-7-13/h8-10,13H,4-7,11H2,1-3H3,(H2,19,20,23). The number of amides is 3. The van der Waals surface area contributed by atoms with Crippen molar-refractivity contribution < 1.29 is 9.59 Å². The fourth-order valence-corrected chi connectivity index (χ4v) is 3.62. The molecule has 124 valence electrons. The molecule has 0 spiro atoms. The predicted octanol–water partition coefficient (Wildman–Crippen LogP) is 2.68. The third-order valence-corrected chi connectivity index (χ3v) is 5.08. The molecule has 5 nitrogen and oxygen atoms in total. The lowest BCUT2D eigenvalue weighted by molar-refractivity contribution is -0.121. The van der Waals surface area contributed by atoms with Gasteiger partial charge >= 0.3 is 6.03 Å². The van der Waals surface area contributed by atoms with Crippen LogP contribution in [0.3, 0.4) is 0 Å². The third-order valence-electron chi connectivity index (χ3n) is 5.08. The maximum atomic E-state index is 12.3. The number of carbonyl (C=O) groups excluding carboxylic acids is 2. The van der Waals surface area contributed by atoms with Gasteiger partial charge in [0.2, 0.25) is 5.91 Å². The molecule has 2 N–H and O–H groups in total. The molecule has 3 rings (SSSR count). The second kappa shape index (κ2) is 5.87. The number of nitrogens with zero attached hydrogens (tertiary/aromatic N) is 1. The van der Waals surface area contributed by atoms with Gasteiger partial charge in [-0.3, -0.25) is 4.79 Å². The minimum Gasteiger partial charge on any atom is -0.335 e. The number of hydrogen-bond donors (Lipinski definition) is 2. The molecular weight excluding hydrogens is 290 g/mol. The van der Waals surface area contributed by atoms with Crippen LogP contribution in [0.5, 0.6) is 0 Å². The molecule has 3 amide bonds. The van der Waals surface area contributed by atoms with Crippen molar-refractivity contribution in [1.82, 2.24) is 10.6 Å². The maximum Gasteiger partial charge on any atom is 0.315 e. The van der Waals surface area contributed by atoms with E-state index in [-0.39, 0.29) is 11.9 Å². The Hall–Kier alpha value is -2.04. The smallest absolute Gasteiger partial charge is 0.315 e. The second-order valence-electron chi connectivity index (χ2n) is 7.15. The van der Waals surface area contributed by atoms with Gasteiger partial charge in [-0.05, 0) is 43.9 Å². The van der Waals surface area contributed by atoms with Gasteiger partial charge in [-0.2, -0.15) is 0 Å². The van der Waals surface area contributed by atoms with Crippen molar-refractivity contribution in [1.29, 1.82) is 0 Å². The SMILES string of the molecule is CN1C(=O)C(C)(C)c2cc(CNC(=O)NC3CCCC3)ccc21. The Balaban J connectivity index is 1.65. The summed E-state index contributed by atoms with van der Waals surface area (Å²) in [5.74, 6) is 0.108. The molecule has 1 aliphatic heterocycles. The highest BCUT2D eigenvalue weighted by Gasteiger charge is 2.42. The van der Waals surface area contributed by atoms with E-state index in [2.05, 4.69) is 10.6 Å². The maximum absolute atomic E-state index is 12.3. The van der Waals surface area contributed by atoms with Crippen LogP contribution >= 0.6 is 0 Å². The number of urea groups is 1. The molecule has 5 heteroatoms. The topological polar surface area (TPSA) is 61.4 Å². The summed E-state index contributed by atoms with van der Waals surface area (Å²) in [6, 6.07) is 6.19. The first-order valence-electron chi connectivity index (χ1n) is 8.35. The Morgan fingerprint density at radius 1 is 1.30 bits per heavy atom. The Morgan fingerprint density at radius 2 is 2.00 bits per heavy atom. The molecule has 0 radical (unpaired) electrons. The van der Waals surface area contributed by atoms with Crippen LogP contribution in [0.15, 0.2) is 18.2 Å². The second-order valence-corrected chi connectivity index (χ2v) is 7.15. The zero-order valence-corrected chi connectivity index (χ0v) is 14.1. The minimum absolute atomic E-state index is 0.107. The molecule has 0 saturated heterocycles. The number of fused-ring (bicyclic) bond motifs is 1. The molecule has 1 fully saturated rings. The van der Waals surface area contributed by atoms with E-state index in [1.54, 1.807) is 4.90 Å². The van der Waals surface area contributed by atoms with E-state index in [1.165, 1.54) is 12.8 Å². The van der Waals surface area contributed by atoms with Crippen LogP contribution in [-0.4, -0.2) is 25.0 Å². The van der Waals surface area contributed by atoms with Crippen LogP contribution in [0.25, 0.3) is 0 Å². The predicted molar refractivity (Wildman–Crippen MR) is 90.5 cm³/mol. The lowest BCUT2D eigenvalue weighted by Crippen LogP contribution is -2.40.